The van der Waals surface area contributed by atoms with E-state index in [1.165, 1.54) is 0 Å². The SMILES string of the molecule is O=C(NCCc1ccc(Cl)cc1)Nc1cccnc1. The highest BCUT2D eigenvalue weighted by Gasteiger charge is 2.00. The first-order valence-corrected chi connectivity index (χ1v) is 6.31. The number of benzene rings is 1. The predicted molar refractivity (Wildman–Crippen MR) is 76.4 cm³/mol. The molecule has 98 valence electrons. The first kappa shape index (κ1) is 13.4. The van der Waals surface area contributed by atoms with Crippen molar-refractivity contribution in [2.24, 2.45) is 0 Å². The van der Waals surface area contributed by atoms with Gasteiger partial charge in [0.1, 0.15) is 0 Å². The number of anilines is 1. The number of carbonyl (C=O) groups is 1. The molecular formula is C14H14ClN3O. The summed E-state index contributed by atoms with van der Waals surface area (Å²) >= 11 is 5.80. The van der Waals surface area contributed by atoms with Crippen molar-refractivity contribution >= 4 is 23.3 Å². The second kappa shape index (κ2) is 6.75. The number of urea groups is 1. The van der Waals surface area contributed by atoms with Crippen LogP contribution in [0.2, 0.25) is 5.02 Å². The fourth-order valence-corrected chi connectivity index (χ4v) is 1.71. The summed E-state index contributed by atoms with van der Waals surface area (Å²) in [6.07, 6.45) is 4.01. The van der Waals surface area contributed by atoms with Crippen LogP contribution >= 0.6 is 11.6 Å². The van der Waals surface area contributed by atoms with Crippen molar-refractivity contribution in [3.63, 3.8) is 0 Å². The van der Waals surface area contributed by atoms with E-state index in [0.29, 0.717) is 17.3 Å². The Morgan fingerprint density at radius 1 is 1.21 bits per heavy atom. The van der Waals surface area contributed by atoms with Crippen molar-refractivity contribution in [2.75, 3.05) is 11.9 Å². The molecule has 2 aromatic rings. The van der Waals surface area contributed by atoms with Gasteiger partial charge in [-0.25, -0.2) is 4.79 Å². The Hall–Kier alpha value is -2.07. The Kier molecular flexibility index (Phi) is 4.75. The quantitative estimate of drug-likeness (QED) is 0.901. The van der Waals surface area contributed by atoms with Crippen LogP contribution in [0.15, 0.2) is 48.8 Å². The molecule has 1 heterocycles. The van der Waals surface area contributed by atoms with Crippen LogP contribution in [0.25, 0.3) is 0 Å². The molecule has 0 atom stereocenters. The maximum absolute atomic E-state index is 11.6. The van der Waals surface area contributed by atoms with Crippen molar-refractivity contribution < 1.29 is 4.79 Å². The molecule has 0 unspecified atom stereocenters. The van der Waals surface area contributed by atoms with Crippen molar-refractivity contribution in [3.05, 3.63) is 59.4 Å². The molecule has 0 bridgehead atoms. The number of amides is 2. The molecule has 2 amide bonds. The minimum Gasteiger partial charge on any atom is -0.338 e. The standard InChI is InChI=1S/C14H14ClN3O/c15-12-5-3-11(4-6-12)7-9-17-14(19)18-13-2-1-8-16-10-13/h1-6,8,10H,7,9H2,(H2,17,18,19). The van der Waals surface area contributed by atoms with E-state index in [9.17, 15) is 4.79 Å². The third-order valence-corrected chi connectivity index (χ3v) is 2.78. The highest BCUT2D eigenvalue weighted by atomic mass is 35.5. The van der Waals surface area contributed by atoms with E-state index in [-0.39, 0.29) is 6.03 Å². The zero-order chi connectivity index (χ0) is 13.5. The van der Waals surface area contributed by atoms with Gasteiger partial charge in [0.2, 0.25) is 0 Å². The number of nitrogens with one attached hydrogen (secondary N) is 2. The van der Waals surface area contributed by atoms with Crippen LogP contribution in [0.3, 0.4) is 0 Å². The lowest BCUT2D eigenvalue weighted by Crippen LogP contribution is -2.30. The molecule has 1 aromatic carbocycles. The van der Waals surface area contributed by atoms with E-state index in [4.69, 9.17) is 11.6 Å². The lowest BCUT2D eigenvalue weighted by atomic mass is 10.1. The summed E-state index contributed by atoms with van der Waals surface area (Å²) in [4.78, 5) is 15.5. The van der Waals surface area contributed by atoms with Gasteiger partial charge in [-0.05, 0) is 36.2 Å². The lowest BCUT2D eigenvalue weighted by molar-refractivity contribution is 0.252. The van der Waals surface area contributed by atoms with Gasteiger partial charge in [-0.1, -0.05) is 23.7 Å². The van der Waals surface area contributed by atoms with Gasteiger partial charge in [0.25, 0.3) is 0 Å². The number of aromatic nitrogens is 1. The second-order valence-corrected chi connectivity index (χ2v) is 4.44. The number of pyridine rings is 1. The molecule has 1 aromatic heterocycles. The molecule has 2 N–H and O–H groups in total. The summed E-state index contributed by atoms with van der Waals surface area (Å²) < 4.78 is 0. The summed E-state index contributed by atoms with van der Waals surface area (Å²) in [6.45, 7) is 0.563. The van der Waals surface area contributed by atoms with Crippen LogP contribution in [0.1, 0.15) is 5.56 Å². The largest absolute Gasteiger partial charge is 0.338 e. The summed E-state index contributed by atoms with van der Waals surface area (Å²) in [6, 6.07) is 10.9. The first-order valence-electron chi connectivity index (χ1n) is 5.93. The Balaban J connectivity index is 1.74. The van der Waals surface area contributed by atoms with Crippen LogP contribution in [0.4, 0.5) is 10.5 Å². The molecule has 0 saturated heterocycles. The lowest BCUT2D eigenvalue weighted by Gasteiger charge is -2.07. The number of nitrogens with zero attached hydrogens (tertiary/aromatic N) is 1. The van der Waals surface area contributed by atoms with Crippen molar-refractivity contribution in [1.82, 2.24) is 10.3 Å². The molecular weight excluding hydrogens is 262 g/mol. The fraction of sp³-hybridized carbons (Fsp3) is 0.143. The Bertz CT molecular complexity index is 528. The maximum Gasteiger partial charge on any atom is 0.319 e. The fourth-order valence-electron chi connectivity index (χ4n) is 1.58. The number of hydrogen-bond donors (Lipinski definition) is 2. The van der Waals surface area contributed by atoms with E-state index in [0.717, 1.165) is 12.0 Å². The van der Waals surface area contributed by atoms with Gasteiger partial charge in [0.05, 0.1) is 11.9 Å². The van der Waals surface area contributed by atoms with Gasteiger partial charge in [-0.2, -0.15) is 0 Å². The number of hydrogen-bond acceptors (Lipinski definition) is 2. The Morgan fingerprint density at radius 3 is 2.68 bits per heavy atom. The number of rotatable bonds is 4. The second-order valence-electron chi connectivity index (χ2n) is 4.00. The minimum atomic E-state index is -0.234. The molecule has 0 spiro atoms. The van der Waals surface area contributed by atoms with Crippen LogP contribution in [0.5, 0.6) is 0 Å². The van der Waals surface area contributed by atoms with E-state index in [1.54, 1.807) is 24.5 Å². The van der Waals surface area contributed by atoms with Gasteiger partial charge in [0.15, 0.2) is 0 Å². The third-order valence-electron chi connectivity index (χ3n) is 2.53. The molecule has 4 nitrogen and oxygen atoms in total. The van der Waals surface area contributed by atoms with E-state index in [1.807, 2.05) is 24.3 Å². The van der Waals surface area contributed by atoms with Gasteiger partial charge < -0.3 is 10.6 Å². The minimum absolute atomic E-state index is 0.234. The average molecular weight is 276 g/mol. The Morgan fingerprint density at radius 2 is 2.00 bits per heavy atom. The van der Waals surface area contributed by atoms with Crippen LogP contribution in [-0.4, -0.2) is 17.6 Å². The van der Waals surface area contributed by atoms with Crippen molar-refractivity contribution in [3.8, 4) is 0 Å². The molecule has 2 rings (SSSR count). The molecule has 0 aliphatic heterocycles. The van der Waals surface area contributed by atoms with Gasteiger partial charge in [0, 0.05) is 17.8 Å². The maximum atomic E-state index is 11.6. The highest BCUT2D eigenvalue weighted by molar-refractivity contribution is 6.30. The summed E-state index contributed by atoms with van der Waals surface area (Å²) in [7, 11) is 0. The van der Waals surface area contributed by atoms with Gasteiger partial charge in [-0.15, -0.1) is 0 Å². The molecule has 0 aliphatic carbocycles. The number of carbonyl (C=O) groups excluding carboxylic acids is 1. The third kappa shape index (κ3) is 4.60. The monoisotopic (exact) mass is 275 g/mol. The molecule has 0 radical (unpaired) electrons. The van der Waals surface area contributed by atoms with Crippen LogP contribution in [-0.2, 0) is 6.42 Å². The van der Waals surface area contributed by atoms with Gasteiger partial charge in [-0.3, -0.25) is 4.98 Å². The van der Waals surface area contributed by atoms with Crippen LogP contribution in [0, 0.1) is 0 Å². The summed E-state index contributed by atoms with van der Waals surface area (Å²) in [5.74, 6) is 0. The molecule has 0 saturated carbocycles. The zero-order valence-electron chi connectivity index (χ0n) is 10.3. The highest BCUT2D eigenvalue weighted by Crippen LogP contribution is 2.09. The predicted octanol–water partition coefficient (Wildman–Crippen LogP) is 3.10. The van der Waals surface area contributed by atoms with Crippen molar-refractivity contribution in [2.45, 2.75) is 6.42 Å². The van der Waals surface area contributed by atoms with E-state index < -0.39 is 0 Å². The average Bonchev–Trinajstić information content (AvgIpc) is 2.42. The van der Waals surface area contributed by atoms with Crippen LogP contribution < -0.4 is 10.6 Å². The Labute approximate surface area is 116 Å². The molecule has 0 aliphatic rings. The normalized spacial score (nSPS) is 9.95. The van der Waals surface area contributed by atoms with Gasteiger partial charge >= 0.3 is 6.03 Å². The first-order chi connectivity index (χ1) is 9.24. The van der Waals surface area contributed by atoms with Crippen molar-refractivity contribution in [1.29, 1.82) is 0 Å². The molecule has 5 heteroatoms. The summed E-state index contributed by atoms with van der Waals surface area (Å²) in [5.41, 5.74) is 1.80. The molecule has 0 fully saturated rings. The summed E-state index contributed by atoms with van der Waals surface area (Å²) in [5, 5.41) is 6.20. The zero-order valence-corrected chi connectivity index (χ0v) is 11.0. The smallest absolute Gasteiger partial charge is 0.319 e. The topological polar surface area (TPSA) is 54.0 Å². The van der Waals surface area contributed by atoms with E-state index >= 15 is 0 Å². The van der Waals surface area contributed by atoms with E-state index in [2.05, 4.69) is 15.6 Å². The number of halogens is 1. The molecule has 19 heavy (non-hydrogen) atoms.